The number of halogens is 3. The van der Waals surface area contributed by atoms with Crippen molar-refractivity contribution in [2.75, 3.05) is 5.32 Å². The second-order valence-electron chi connectivity index (χ2n) is 7.78. The van der Waals surface area contributed by atoms with Crippen LogP contribution >= 0.6 is 0 Å². The third-order valence-corrected chi connectivity index (χ3v) is 5.75. The SMILES string of the molecule is CCCCCc1c(C=C2C(=O)Nc3ccc(C(F)(F)F)cc32)oc2c1CCCC2. The third kappa shape index (κ3) is 3.85. The van der Waals surface area contributed by atoms with E-state index in [-0.39, 0.29) is 11.1 Å². The van der Waals surface area contributed by atoms with Crippen LogP contribution in [0.2, 0.25) is 0 Å². The Hall–Kier alpha value is -2.50. The van der Waals surface area contributed by atoms with Gasteiger partial charge in [-0.05, 0) is 61.9 Å². The number of aryl methyl sites for hydroxylation is 1. The Bertz CT molecular complexity index is 969. The predicted octanol–water partition coefficient (Wildman–Crippen LogP) is 6.40. The minimum absolute atomic E-state index is 0.230. The first-order valence-electron chi connectivity index (χ1n) is 10.3. The fraction of sp³-hybridized carbons (Fsp3) is 0.435. The lowest BCUT2D eigenvalue weighted by atomic mass is 9.91. The van der Waals surface area contributed by atoms with E-state index in [9.17, 15) is 18.0 Å². The summed E-state index contributed by atoms with van der Waals surface area (Å²) in [7, 11) is 0. The number of carbonyl (C=O) groups is 1. The highest BCUT2D eigenvalue weighted by Gasteiger charge is 2.34. The lowest BCUT2D eigenvalue weighted by Crippen LogP contribution is -2.04. The van der Waals surface area contributed by atoms with Crippen molar-refractivity contribution in [2.45, 2.75) is 64.5 Å². The van der Waals surface area contributed by atoms with Crippen molar-refractivity contribution >= 4 is 23.2 Å². The van der Waals surface area contributed by atoms with E-state index in [0.717, 1.165) is 74.8 Å². The number of alkyl halides is 3. The van der Waals surface area contributed by atoms with Crippen LogP contribution < -0.4 is 5.32 Å². The molecule has 6 heteroatoms. The Morgan fingerprint density at radius 1 is 1.17 bits per heavy atom. The summed E-state index contributed by atoms with van der Waals surface area (Å²) in [6.45, 7) is 2.14. The number of carbonyl (C=O) groups excluding carboxylic acids is 1. The van der Waals surface area contributed by atoms with Gasteiger partial charge in [0.15, 0.2) is 0 Å². The van der Waals surface area contributed by atoms with Gasteiger partial charge in [0.05, 0.1) is 11.1 Å². The number of fused-ring (bicyclic) bond motifs is 2. The van der Waals surface area contributed by atoms with Gasteiger partial charge in [0.2, 0.25) is 0 Å². The van der Waals surface area contributed by atoms with Crippen molar-refractivity contribution in [1.82, 2.24) is 0 Å². The molecule has 1 amide bonds. The lowest BCUT2D eigenvalue weighted by molar-refractivity contribution is -0.137. The van der Waals surface area contributed by atoms with E-state index in [1.165, 1.54) is 11.6 Å². The molecule has 1 N–H and O–H groups in total. The van der Waals surface area contributed by atoms with Gasteiger partial charge < -0.3 is 9.73 Å². The molecule has 0 bridgehead atoms. The molecule has 1 aliphatic carbocycles. The second kappa shape index (κ2) is 7.73. The molecular weight excluding hydrogens is 379 g/mol. The van der Waals surface area contributed by atoms with E-state index >= 15 is 0 Å². The molecule has 4 rings (SSSR count). The van der Waals surface area contributed by atoms with Crippen molar-refractivity contribution in [3.63, 3.8) is 0 Å². The largest absolute Gasteiger partial charge is 0.461 e. The molecule has 0 radical (unpaired) electrons. The molecular formula is C23H24F3NO2. The summed E-state index contributed by atoms with van der Waals surface area (Å²) in [5, 5.41) is 2.66. The molecule has 0 saturated heterocycles. The fourth-order valence-electron chi connectivity index (χ4n) is 4.23. The van der Waals surface area contributed by atoms with Crippen molar-refractivity contribution in [3.05, 3.63) is 52.0 Å². The van der Waals surface area contributed by atoms with Crippen LogP contribution in [0.5, 0.6) is 0 Å². The summed E-state index contributed by atoms with van der Waals surface area (Å²) >= 11 is 0. The summed E-state index contributed by atoms with van der Waals surface area (Å²) in [5.41, 5.74) is 2.50. The first kappa shape index (κ1) is 19.8. The smallest absolute Gasteiger partial charge is 0.416 e. The molecule has 0 fully saturated rings. The Morgan fingerprint density at radius 3 is 2.72 bits per heavy atom. The van der Waals surface area contributed by atoms with Crippen LogP contribution in [0.4, 0.5) is 18.9 Å². The topological polar surface area (TPSA) is 42.2 Å². The molecule has 29 heavy (non-hydrogen) atoms. The van der Waals surface area contributed by atoms with Gasteiger partial charge in [0, 0.05) is 23.2 Å². The number of hydrogen-bond acceptors (Lipinski definition) is 2. The van der Waals surface area contributed by atoms with Crippen LogP contribution in [-0.2, 0) is 30.2 Å². The van der Waals surface area contributed by atoms with Crippen molar-refractivity contribution < 1.29 is 22.4 Å². The summed E-state index contributed by atoms with van der Waals surface area (Å²) in [5.74, 6) is 1.20. The highest BCUT2D eigenvalue weighted by atomic mass is 19.4. The summed E-state index contributed by atoms with van der Waals surface area (Å²) in [6.07, 6.45) is 5.31. The molecule has 2 aliphatic rings. The van der Waals surface area contributed by atoms with Crippen LogP contribution in [-0.4, -0.2) is 5.91 Å². The van der Waals surface area contributed by atoms with E-state index in [4.69, 9.17) is 4.42 Å². The standard InChI is InChI=1S/C23H24F3NO2/c1-2-3-4-7-16-15-8-5-6-9-20(15)29-21(16)13-18-17-12-14(23(24,25)26)10-11-19(17)27-22(18)28/h10-13H,2-9H2,1H3,(H,27,28). The third-order valence-electron chi connectivity index (χ3n) is 5.75. The normalized spacial score (nSPS) is 17.4. The molecule has 1 aliphatic heterocycles. The van der Waals surface area contributed by atoms with Gasteiger partial charge in [-0.15, -0.1) is 0 Å². The zero-order chi connectivity index (χ0) is 20.6. The van der Waals surface area contributed by atoms with Gasteiger partial charge in [0.1, 0.15) is 11.5 Å². The molecule has 0 unspecified atom stereocenters. The summed E-state index contributed by atoms with van der Waals surface area (Å²) in [4.78, 5) is 12.5. The molecule has 3 nitrogen and oxygen atoms in total. The first-order valence-corrected chi connectivity index (χ1v) is 10.3. The minimum atomic E-state index is -4.46. The van der Waals surface area contributed by atoms with Crippen molar-refractivity contribution in [2.24, 2.45) is 0 Å². The highest BCUT2D eigenvalue weighted by molar-refractivity contribution is 6.34. The number of furan rings is 1. The van der Waals surface area contributed by atoms with Crippen molar-refractivity contribution in [1.29, 1.82) is 0 Å². The zero-order valence-corrected chi connectivity index (χ0v) is 16.4. The number of benzene rings is 1. The van der Waals surface area contributed by atoms with Gasteiger partial charge in [-0.1, -0.05) is 19.8 Å². The van der Waals surface area contributed by atoms with E-state index in [1.54, 1.807) is 6.08 Å². The Labute approximate surface area is 168 Å². The van der Waals surface area contributed by atoms with Gasteiger partial charge in [0.25, 0.3) is 5.91 Å². The maximum Gasteiger partial charge on any atom is 0.416 e. The molecule has 1 aromatic carbocycles. The number of unbranched alkanes of at least 4 members (excludes halogenated alkanes) is 2. The number of nitrogens with one attached hydrogen (secondary N) is 1. The van der Waals surface area contributed by atoms with E-state index in [2.05, 4.69) is 12.2 Å². The quantitative estimate of drug-likeness (QED) is 0.463. The maximum absolute atomic E-state index is 13.2. The molecule has 0 saturated carbocycles. The van der Waals surface area contributed by atoms with Crippen molar-refractivity contribution in [3.8, 4) is 0 Å². The molecule has 2 aromatic rings. The van der Waals surface area contributed by atoms with E-state index in [0.29, 0.717) is 11.4 Å². The summed E-state index contributed by atoms with van der Waals surface area (Å²) < 4.78 is 45.6. The first-order chi connectivity index (χ1) is 13.9. The van der Waals surface area contributed by atoms with Crippen LogP contribution in [0.3, 0.4) is 0 Å². The average molecular weight is 403 g/mol. The maximum atomic E-state index is 13.2. The monoisotopic (exact) mass is 403 g/mol. The van der Waals surface area contributed by atoms with Crippen LogP contribution in [0.15, 0.2) is 22.6 Å². The van der Waals surface area contributed by atoms with Gasteiger partial charge >= 0.3 is 6.18 Å². The number of amides is 1. The summed E-state index contributed by atoms with van der Waals surface area (Å²) in [6, 6.07) is 3.34. The molecule has 1 aromatic heterocycles. The van der Waals surface area contributed by atoms with E-state index < -0.39 is 17.6 Å². The van der Waals surface area contributed by atoms with Gasteiger partial charge in [-0.25, -0.2) is 0 Å². The minimum Gasteiger partial charge on any atom is -0.461 e. The second-order valence-corrected chi connectivity index (χ2v) is 7.78. The lowest BCUT2D eigenvalue weighted by Gasteiger charge is -2.10. The molecule has 0 atom stereocenters. The average Bonchev–Trinajstić information content (AvgIpc) is 3.18. The van der Waals surface area contributed by atoms with Gasteiger partial charge in [-0.2, -0.15) is 13.2 Å². The van der Waals surface area contributed by atoms with Crippen LogP contribution in [0, 0.1) is 0 Å². The van der Waals surface area contributed by atoms with Gasteiger partial charge in [-0.3, -0.25) is 4.79 Å². The zero-order valence-electron chi connectivity index (χ0n) is 16.4. The number of anilines is 1. The fourth-order valence-corrected chi connectivity index (χ4v) is 4.23. The van der Waals surface area contributed by atoms with E-state index in [1.807, 2.05) is 0 Å². The number of hydrogen-bond donors (Lipinski definition) is 1. The molecule has 0 spiro atoms. The Balaban J connectivity index is 1.77. The molecule has 154 valence electrons. The molecule has 2 heterocycles. The predicted molar refractivity (Wildman–Crippen MR) is 107 cm³/mol. The van der Waals surface area contributed by atoms with Crippen LogP contribution in [0.25, 0.3) is 11.6 Å². The Morgan fingerprint density at radius 2 is 1.97 bits per heavy atom. The number of rotatable bonds is 5. The Kier molecular flexibility index (Phi) is 5.28. The highest BCUT2D eigenvalue weighted by Crippen LogP contribution is 2.40. The van der Waals surface area contributed by atoms with Crippen LogP contribution in [0.1, 0.15) is 72.8 Å².